The summed E-state index contributed by atoms with van der Waals surface area (Å²) in [6, 6.07) is 0.640. The van der Waals surface area contributed by atoms with E-state index in [0.717, 1.165) is 18.4 Å². The minimum atomic E-state index is 0.126. The summed E-state index contributed by atoms with van der Waals surface area (Å²) in [6.45, 7) is 2.01. The first-order valence-corrected chi connectivity index (χ1v) is 8.28. The van der Waals surface area contributed by atoms with E-state index in [1.54, 1.807) is 7.11 Å². The summed E-state index contributed by atoms with van der Waals surface area (Å²) in [4.78, 5) is 11.6. The lowest BCUT2D eigenvalue weighted by atomic mass is 9.69. The van der Waals surface area contributed by atoms with Crippen molar-refractivity contribution >= 4 is 5.91 Å². The van der Waals surface area contributed by atoms with Crippen molar-refractivity contribution in [2.75, 3.05) is 26.8 Å². The molecule has 2 aliphatic carbocycles. The molecule has 4 heteroatoms. The van der Waals surface area contributed by atoms with Crippen LogP contribution in [0.5, 0.6) is 0 Å². The number of methoxy groups -OCH3 is 1. The van der Waals surface area contributed by atoms with Crippen LogP contribution in [0.3, 0.4) is 0 Å². The fourth-order valence-electron chi connectivity index (χ4n) is 3.83. The Morgan fingerprint density at radius 1 is 1.10 bits per heavy atom. The standard InChI is InChI=1S/C16H30N2O2/c1-20-11-10-18-16(19)8-9-17-15-7-6-13-4-2-3-5-14(13)12-15/h13-15,17H,2-12H2,1H3,(H,18,19). The summed E-state index contributed by atoms with van der Waals surface area (Å²) in [7, 11) is 1.65. The molecule has 0 bridgehead atoms. The van der Waals surface area contributed by atoms with Crippen molar-refractivity contribution in [1.82, 2.24) is 10.6 Å². The molecule has 2 aliphatic rings. The summed E-state index contributed by atoms with van der Waals surface area (Å²) >= 11 is 0. The van der Waals surface area contributed by atoms with Crippen LogP contribution in [0.2, 0.25) is 0 Å². The van der Waals surface area contributed by atoms with Crippen molar-refractivity contribution < 1.29 is 9.53 Å². The van der Waals surface area contributed by atoms with Crippen molar-refractivity contribution in [2.24, 2.45) is 11.8 Å². The number of ether oxygens (including phenoxy) is 1. The average Bonchev–Trinajstić information content (AvgIpc) is 2.47. The molecule has 0 spiro atoms. The van der Waals surface area contributed by atoms with Crippen molar-refractivity contribution in [3.8, 4) is 0 Å². The van der Waals surface area contributed by atoms with Gasteiger partial charge in [-0.25, -0.2) is 0 Å². The van der Waals surface area contributed by atoms with Crippen LogP contribution < -0.4 is 10.6 Å². The monoisotopic (exact) mass is 282 g/mol. The van der Waals surface area contributed by atoms with E-state index in [1.807, 2.05) is 0 Å². The number of nitrogens with one attached hydrogen (secondary N) is 2. The Morgan fingerprint density at radius 3 is 2.70 bits per heavy atom. The van der Waals surface area contributed by atoms with E-state index >= 15 is 0 Å². The second-order valence-electron chi connectivity index (χ2n) is 6.36. The van der Waals surface area contributed by atoms with Crippen LogP contribution in [0.1, 0.15) is 51.4 Å². The van der Waals surface area contributed by atoms with Crippen LogP contribution in [0.4, 0.5) is 0 Å². The molecule has 0 aromatic rings. The zero-order valence-corrected chi connectivity index (χ0v) is 12.8. The smallest absolute Gasteiger partial charge is 0.221 e. The van der Waals surface area contributed by atoms with Crippen LogP contribution in [0, 0.1) is 11.8 Å². The van der Waals surface area contributed by atoms with Crippen molar-refractivity contribution in [3.05, 3.63) is 0 Å². The SMILES string of the molecule is COCCNC(=O)CCNC1CCC2CCCCC2C1. The maximum atomic E-state index is 11.6. The van der Waals surface area contributed by atoms with E-state index in [0.29, 0.717) is 25.6 Å². The molecule has 0 saturated heterocycles. The Balaban J connectivity index is 1.56. The molecule has 2 rings (SSSR count). The van der Waals surface area contributed by atoms with Crippen LogP contribution in [0.15, 0.2) is 0 Å². The van der Waals surface area contributed by atoms with Gasteiger partial charge >= 0.3 is 0 Å². The summed E-state index contributed by atoms with van der Waals surface area (Å²) < 4.78 is 4.91. The molecule has 0 heterocycles. The van der Waals surface area contributed by atoms with E-state index in [2.05, 4.69) is 10.6 Å². The molecule has 2 N–H and O–H groups in total. The maximum absolute atomic E-state index is 11.6. The van der Waals surface area contributed by atoms with E-state index in [4.69, 9.17) is 4.74 Å². The van der Waals surface area contributed by atoms with E-state index in [-0.39, 0.29) is 5.91 Å². The fourth-order valence-corrected chi connectivity index (χ4v) is 3.83. The molecule has 116 valence electrons. The molecule has 2 fully saturated rings. The zero-order valence-electron chi connectivity index (χ0n) is 12.8. The predicted molar refractivity (Wildman–Crippen MR) is 80.6 cm³/mol. The predicted octanol–water partition coefficient (Wildman–Crippen LogP) is 2.09. The highest BCUT2D eigenvalue weighted by atomic mass is 16.5. The van der Waals surface area contributed by atoms with Gasteiger partial charge in [-0.2, -0.15) is 0 Å². The summed E-state index contributed by atoms with van der Waals surface area (Å²) in [5, 5.41) is 6.45. The van der Waals surface area contributed by atoms with Crippen LogP contribution in [-0.4, -0.2) is 38.8 Å². The number of rotatable bonds is 7. The third kappa shape index (κ3) is 5.06. The van der Waals surface area contributed by atoms with Gasteiger partial charge in [0.2, 0.25) is 5.91 Å². The van der Waals surface area contributed by atoms with Crippen molar-refractivity contribution in [1.29, 1.82) is 0 Å². The topological polar surface area (TPSA) is 50.4 Å². The summed E-state index contributed by atoms with van der Waals surface area (Å²) in [5.74, 6) is 2.07. The molecule has 0 aliphatic heterocycles. The first-order valence-electron chi connectivity index (χ1n) is 8.28. The third-order valence-electron chi connectivity index (χ3n) is 4.95. The quantitative estimate of drug-likeness (QED) is 0.703. The van der Waals surface area contributed by atoms with Crippen molar-refractivity contribution in [3.63, 3.8) is 0 Å². The van der Waals surface area contributed by atoms with Crippen LogP contribution in [0.25, 0.3) is 0 Å². The molecular weight excluding hydrogens is 252 g/mol. The van der Waals surface area contributed by atoms with Gasteiger partial charge in [0.25, 0.3) is 0 Å². The van der Waals surface area contributed by atoms with Gasteiger partial charge in [-0.1, -0.05) is 25.7 Å². The van der Waals surface area contributed by atoms with Gasteiger partial charge in [0, 0.05) is 32.7 Å². The molecule has 20 heavy (non-hydrogen) atoms. The molecule has 0 aromatic carbocycles. The second kappa shape index (κ2) is 8.63. The molecule has 1 amide bonds. The summed E-state index contributed by atoms with van der Waals surface area (Å²) in [6.07, 6.45) is 10.4. The van der Waals surface area contributed by atoms with Crippen LogP contribution >= 0.6 is 0 Å². The second-order valence-corrected chi connectivity index (χ2v) is 6.36. The Labute approximate surface area is 123 Å². The van der Waals surface area contributed by atoms with Gasteiger partial charge in [-0.15, -0.1) is 0 Å². The average molecular weight is 282 g/mol. The highest BCUT2D eigenvalue weighted by Crippen LogP contribution is 2.40. The molecule has 0 radical (unpaired) electrons. The third-order valence-corrected chi connectivity index (χ3v) is 4.95. The Hall–Kier alpha value is -0.610. The van der Waals surface area contributed by atoms with E-state index in [9.17, 15) is 4.79 Å². The Bertz CT molecular complexity index is 296. The minimum absolute atomic E-state index is 0.126. The van der Waals surface area contributed by atoms with Gasteiger partial charge in [-0.05, 0) is 31.1 Å². The Kier molecular flexibility index (Phi) is 6.80. The highest BCUT2D eigenvalue weighted by molar-refractivity contribution is 5.76. The van der Waals surface area contributed by atoms with Crippen LogP contribution in [-0.2, 0) is 9.53 Å². The zero-order chi connectivity index (χ0) is 14.2. The summed E-state index contributed by atoms with van der Waals surface area (Å²) in [5.41, 5.74) is 0. The number of fused-ring (bicyclic) bond motifs is 1. The fraction of sp³-hybridized carbons (Fsp3) is 0.938. The van der Waals surface area contributed by atoms with Gasteiger partial charge in [-0.3, -0.25) is 4.79 Å². The van der Waals surface area contributed by atoms with Crippen molar-refractivity contribution in [2.45, 2.75) is 57.4 Å². The lowest BCUT2D eigenvalue weighted by Crippen LogP contribution is -2.40. The van der Waals surface area contributed by atoms with Gasteiger partial charge in [0.15, 0.2) is 0 Å². The number of hydrogen-bond acceptors (Lipinski definition) is 3. The van der Waals surface area contributed by atoms with E-state index in [1.165, 1.54) is 44.9 Å². The van der Waals surface area contributed by atoms with Gasteiger partial charge in [0.1, 0.15) is 0 Å². The first-order chi connectivity index (χ1) is 9.79. The number of hydrogen-bond donors (Lipinski definition) is 2. The Morgan fingerprint density at radius 2 is 1.90 bits per heavy atom. The number of carbonyl (C=O) groups is 1. The lowest BCUT2D eigenvalue weighted by Gasteiger charge is -2.39. The minimum Gasteiger partial charge on any atom is -0.383 e. The molecule has 0 aromatic heterocycles. The highest BCUT2D eigenvalue weighted by Gasteiger charge is 2.31. The maximum Gasteiger partial charge on any atom is 0.221 e. The number of amides is 1. The van der Waals surface area contributed by atoms with Gasteiger partial charge in [0.05, 0.1) is 6.61 Å². The molecule has 2 saturated carbocycles. The lowest BCUT2D eigenvalue weighted by molar-refractivity contribution is -0.121. The van der Waals surface area contributed by atoms with Gasteiger partial charge < -0.3 is 15.4 Å². The molecule has 3 unspecified atom stereocenters. The first kappa shape index (κ1) is 15.8. The molecule has 3 atom stereocenters. The number of carbonyl (C=O) groups excluding carboxylic acids is 1. The molecule has 4 nitrogen and oxygen atoms in total. The normalized spacial score (nSPS) is 29.8. The largest absolute Gasteiger partial charge is 0.383 e. The molecular formula is C16H30N2O2. The van der Waals surface area contributed by atoms with E-state index < -0.39 is 0 Å².